The third-order valence-corrected chi connectivity index (χ3v) is 8.01. The Hall–Kier alpha value is -1.21. The Morgan fingerprint density at radius 2 is 0.579 bits per heavy atom. The summed E-state index contributed by atoms with van der Waals surface area (Å²) in [5.74, 6) is 0. The van der Waals surface area contributed by atoms with Gasteiger partial charge in [0.25, 0.3) is 0 Å². The van der Waals surface area contributed by atoms with Gasteiger partial charge in [0.1, 0.15) is 5.60 Å². The van der Waals surface area contributed by atoms with E-state index in [1.165, 1.54) is 62.7 Å². The van der Waals surface area contributed by atoms with Crippen molar-refractivity contribution >= 4 is 6.09 Å². The van der Waals surface area contributed by atoms with Crippen molar-refractivity contribution in [3.8, 4) is 0 Å². The Kier molecular flexibility index (Phi) is 44.9. The van der Waals surface area contributed by atoms with Crippen LogP contribution in [0.1, 0.15) is 91.9 Å². The highest BCUT2D eigenvalue weighted by Crippen LogP contribution is 2.11. The average Bonchev–Trinajstić information content (AvgIpc) is 3.18. The van der Waals surface area contributed by atoms with Crippen LogP contribution in [0, 0.1) is 0 Å². The van der Waals surface area contributed by atoms with Crippen molar-refractivity contribution in [1.29, 1.82) is 0 Å². The number of nitrogens with zero attached hydrogens (tertiary/aromatic N) is 1. The van der Waals surface area contributed by atoms with E-state index in [4.69, 9.17) is 61.6 Å². The highest BCUT2D eigenvalue weighted by Gasteiger charge is 2.19. The maximum atomic E-state index is 11.9. The maximum absolute atomic E-state index is 11.9. The summed E-state index contributed by atoms with van der Waals surface area (Å²) < 4.78 is 71.6. The summed E-state index contributed by atoms with van der Waals surface area (Å²) in [4.78, 5) is 13.4. The molecule has 15 heteroatoms. The van der Waals surface area contributed by atoms with Crippen LogP contribution < -0.4 is 0 Å². The number of hydrogen-bond donors (Lipinski definition) is 0. The lowest BCUT2D eigenvalue weighted by molar-refractivity contribution is -0.0285. The Bertz CT molecular complexity index is 792. The molecule has 0 heterocycles. The molecule has 15 nitrogen and oxygen atoms in total. The number of likely N-dealkylation sites (N-methyl/N-ethyl adjacent to an activating group) is 1. The van der Waals surface area contributed by atoms with E-state index in [0.29, 0.717) is 159 Å². The Balaban J connectivity index is 3.12. The summed E-state index contributed by atoms with van der Waals surface area (Å²) in [5.41, 5.74) is -0.511. The first-order valence-electron chi connectivity index (χ1n) is 21.7. The van der Waals surface area contributed by atoms with Crippen molar-refractivity contribution in [2.24, 2.45) is 0 Å². The Labute approximate surface area is 346 Å². The molecule has 0 aliphatic rings. The van der Waals surface area contributed by atoms with Crippen molar-refractivity contribution in [2.75, 3.05) is 172 Å². The molecular weight excluding hydrogens is 742 g/mol. The van der Waals surface area contributed by atoms with Crippen LogP contribution in [-0.4, -0.2) is 189 Å². The molecule has 0 saturated heterocycles. The molecule has 0 saturated carbocycles. The van der Waals surface area contributed by atoms with Gasteiger partial charge in [0.05, 0.1) is 152 Å². The van der Waals surface area contributed by atoms with Crippen molar-refractivity contribution in [3.63, 3.8) is 0 Å². The lowest BCUT2D eigenvalue weighted by Gasteiger charge is -2.24. The standard InChI is InChI=1S/C42H85NO14/c1-6-7-8-9-10-11-12-13-14-15-17-45-19-21-47-23-25-49-27-29-51-31-33-53-35-37-55-39-40-56-38-36-54-34-32-52-30-28-50-26-24-48-22-20-46-18-16-43(5)41(44)57-42(2,3)4/h6-40H2,1-5H3. The zero-order chi connectivity index (χ0) is 41.6. The molecule has 0 radical (unpaired) electrons. The zero-order valence-corrected chi connectivity index (χ0v) is 36.9. The molecule has 0 aliphatic carbocycles. The second-order valence-electron chi connectivity index (χ2n) is 14.4. The van der Waals surface area contributed by atoms with E-state index in [9.17, 15) is 4.79 Å². The van der Waals surface area contributed by atoms with E-state index in [2.05, 4.69) is 6.92 Å². The van der Waals surface area contributed by atoms with Gasteiger partial charge in [-0.05, 0) is 27.2 Å². The van der Waals surface area contributed by atoms with Gasteiger partial charge in [0, 0.05) is 20.2 Å². The number of rotatable bonds is 47. The summed E-state index contributed by atoms with van der Waals surface area (Å²) in [5, 5.41) is 0. The van der Waals surface area contributed by atoms with Crippen LogP contribution in [-0.2, 0) is 61.6 Å². The second-order valence-corrected chi connectivity index (χ2v) is 14.4. The summed E-state index contributed by atoms with van der Waals surface area (Å²) in [7, 11) is 1.68. The molecule has 1 amide bonds. The van der Waals surface area contributed by atoms with Crippen LogP contribution in [0.3, 0.4) is 0 Å². The summed E-state index contributed by atoms with van der Waals surface area (Å²) >= 11 is 0. The molecule has 0 atom stereocenters. The maximum Gasteiger partial charge on any atom is 0.410 e. The highest BCUT2D eigenvalue weighted by molar-refractivity contribution is 5.67. The van der Waals surface area contributed by atoms with Crippen LogP contribution in [0.5, 0.6) is 0 Å². The lowest BCUT2D eigenvalue weighted by Crippen LogP contribution is -2.36. The smallest absolute Gasteiger partial charge is 0.410 e. The van der Waals surface area contributed by atoms with Gasteiger partial charge < -0.3 is 66.5 Å². The van der Waals surface area contributed by atoms with E-state index in [0.717, 1.165) is 13.0 Å². The number of carbonyl (C=O) groups is 1. The number of ether oxygens (including phenoxy) is 13. The Morgan fingerprint density at radius 3 is 0.842 bits per heavy atom. The van der Waals surface area contributed by atoms with Crippen LogP contribution in [0.2, 0.25) is 0 Å². The van der Waals surface area contributed by atoms with Gasteiger partial charge >= 0.3 is 6.09 Å². The quantitative estimate of drug-likeness (QED) is 0.0666. The summed E-state index contributed by atoms with van der Waals surface area (Å²) in [6.07, 6.45) is 13.0. The van der Waals surface area contributed by atoms with E-state index in [1.807, 2.05) is 20.8 Å². The van der Waals surface area contributed by atoms with Gasteiger partial charge in [-0.3, -0.25) is 0 Å². The van der Waals surface area contributed by atoms with Crippen LogP contribution in [0.25, 0.3) is 0 Å². The molecule has 57 heavy (non-hydrogen) atoms. The number of amides is 1. The predicted molar refractivity (Wildman–Crippen MR) is 221 cm³/mol. The SMILES string of the molecule is CCCCCCCCCCCCOCCOCCOCCOCCOCCOCCOCCOCCOCCOCCOCCOCCN(C)C(=O)OC(C)(C)C. The lowest BCUT2D eigenvalue weighted by atomic mass is 10.1. The second kappa shape index (κ2) is 45.9. The molecule has 0 N–H and O–H groups in total. The zero-order valence-electron chi connectivity index (χ0n) is 36.9. The van der Waals surface area contributed by atoms with E-state index in [1.54, 1.807) is 7.05 Å². The largest absolute Gasteiger partial charge is 0.444 e. The summed E-state index contributed by atoms with van der Waals surface area (Å²) in [6, 6.07) is 0. The number of unbranched alkanes of at least 4 members (excludes halogenated alkanes) is 9. The van der Waals surface area contributed by atoms with Gasteiger partial charge in [-0.2, -0.15) is 0 Å². The number of hydrogen-bond acceptors (Lipinski definition) is 14. The topological polar surface area (TPSA) is 140 Å². The first-order chi connectivity index (χ1) is 27.9. The monoisotopic (exact) mass is 828 g/mol. The van der Waals surface area contributed by atoms with Crippen LogP contribution in [0.4, 0.5) is 4.79 Å². The van der Waals surface area contributed by atoms with Crippen molar-refractivity contribution in [2.45, 2.75) is 97.5 Å². The molecule has 0 rings (SSSR count). The fourth-order valence-electron chi connectivity index (χ4n) is 4.85. The minimum atomic E-state index is -0.511. The fourth-order valence-corrected chi connectivity index (χ4v) is 4.85. The molecule has 342 valence electrons. The molecule has 0 bridgehead atoms. The minimum absolute atomic E-state index is 0.363. The van der Waals surface area contributed by atoms with E-state index in [-0.39, 0.29) is 6.09 Å². The third-order valence-electron chi connectivity index (χ3n) is 8.01. The van der Waals surface area contributed by atoms with E-state index >= 15 is 0 Å². The van der Waals surface area contributed by atoms with Gasteiger partial charge in [-0.25, -0.2) is 4.79 Å². The average molecular weight is 828 g/mol. The van der Waals surface area contributed by atoms with E-state index < -0.39 is 5.60 Å². The van der Waals surface area contributed by atoms with Gasteiger partial charge in [0.2, 0.25) is 0 Å². The highest BCUT2D eigenvalue weighted by atomic mass is 16.6. The Morgan fingerprint density at radius 1 is 0.351 bits per heavy atom. The molecule has 0 aromatic rings. The van der Waals surface area contributed by atoms with Crippen LogP contribution >= 0.6 is 0 Å². The van der Waals surface area contributed by atoms with Gasteiger partial charge in [-0.1, -0.05) is 64.7 Å². The molecule has 0 aromatic heterocycles. The molecule has 0 aliphatic heterocycles. The first-order valence-corrected chi connectivity index (χ1v) is 21.7. The molecule has 0 aromatic carbocycles. The fraction of sp³-hybridized carbons (Fsp3) is 0.976. The number of carbonyl (C=O) groups excluding carboxylic acids is 1. The molecule has 0 fully saturated rings. The minimum Gasteiger partial charge on any atom is -0.444 e. The molecular formula is C42H85NO14. The van der Waals surface area contributed by atoms with Crippen molar-refractivity contribution in [1.82, 2.24) is 4.90 Å². The molecule has 0 unspecified atom stereocenters. The predicted octanol–water partition coefficient (Wildman–Crippen LogP) is 5.97. The van der Waals surface area contributed by atoms with Gasteiger partial charge in [-0.15, -0.1) is 0 Å². The molecule has 0 spiro atoms. The normalized spacial score (nSPS) is 11.8. The van der Waals surface area contributed by atoms with Gasteiger partial charge in [0.15, 0.2) is 0 Å². The van der Waals surface area contributed by atoms with Crippen molar-refractivity contribution in [3.05, 3.63) is 0 Å². The first kappa shape index (κ1) is 55.8. The van der Waals surface area contributed by atoms with Crippen LogP contribution in [0.15, 0.2) is 0 Å². The third kappa shape index (κ3) is 49.1. The van der Waals surface area contributed by atoms with Crippen molar-refractivity contribution < 1.29 is 66.4 Å². The summed E-state index contributed by atoms with van der Waals surface area (Å²) in [6.45, 7) is 20.8.